The van der Waals surface area contributed by atoms with Crippen LogP contribution < -0.4 is 5.32 Å². The molecule has 1 aliphatic heterocycles. The first-order valence-electron chi connectivity index (χ1n) is 7.95. The van der Waals surface area contributed by atoms with Crippen LogP contribution in [0.1, 0.15) is 31.6 Å². The lowest BCUT2D eigenvalue weighted by Gasteiger charge is -2.24. The van der Waals surface area contributed by atoms with Gasteiger partial charge in [0, 0.05) is 19.3 Å². The number of anilines is 1. The van der Waals surface area contributed by atoms with Crippen molar-refractivity contribution in [2.45, 2.75) is 31.0 Å². The fraction of sp³-hybridized carbons (Fsp3) is 0.438. The first-order valence-corrected chi connectivity index (χ1v) is 8.94. The maximum absolute atomic E-state index is 13.0. The second-order valence-corrected chi connectivity index (χ2v) is 6.85. The van der Waals surface area contributed by atoms with E-state index in [0.717, 1.165) is 29.6 Å². The molecule has 2 amide bonds. The third-order valence-electron chi connectivity index (χ3n) is 4.05. The first-order chi connectivity index (χ1) is 11.6. The van der Waals surface area contributed by atoms with Gasteiger partial charge in [-0.25, -0.2) is 9.18 Å². The number of likely N-dealkylation sites (tertiary alicyclic amines) is 1. The van der Waals surface area contributed by atoms with Crippen LogP contribution in [0.2, 0.25) is 0 Å². The quantitative estimate of drug-likeness (QED) is 0.859. The van der Waals surface area contributed by atoms with Crippen molar-refractivity contribution < 1.29 is 9.18 Å². The van der Waals surface area contributed by atoms with Gasteiger partial charge in [0.2, 0.25) is 0 Å². The van der Waals surface area contributed by atoms with E-state index in [4.69, 9.17) is 0 Å². The van der Waals surface area contributed by atoms with Gasteiger partial charge >= 0.3 is 6.03 Å². The molecule has 24 heavy (non-hydrogen) atoms. The Balaban J connectivity index is 1.75. The number of amides is 2. The normalized spacial score (nSPS) is 17.3. The third kappa shape index (κ3) is 3.38. The van der Waals surface area contributed by atoms with E-state index >= 15 is 0 Å². The van der Waals surface area contributed by atoms with Crippen LogP contribution >= 0.6 is 11.8 Å². The summed E-state index contributed by atoms with van der Waals surface area (Å²) in [4.78, 5) is 14.4. The predicted octanol–water partition coefficient (Wildman–Crippen LogP) is 3.44. The number of hydrogen-bond donors (Lipinski definition) is 1. The van der Waals surface area contributed by atoms with Crippen LogP contribution in [-0.2, 0) is 7.05 Å². The van der Waals surface area contributed by atoms with Gasteiger partial charge in [-0.05, 0) is 42.9 Å². The summed E-state index contributed by atoms with van der Waals surface area (Å²) in [6.07, 6.45) is 1.78. The van der Waals surface area contributed by atoms with Crippen LogP contribution in [0.5, 0.6) is 0 Å². The number of nitrogens with zero attached hydrogens (tertiary/aromatic N) is 4. The Labute approximate surface area is 144 Å². The molecular formula is C16H20FN5OS. The number of nitrogens with one attached hydrogen (secondary N) is 1. The van der Waals surface area contributed by atoms with Crippen LogP contribution in [-0.4, -0.2) is 38.0 Å². The van der Waals surface area contributed by atoms with Crippen LogP contribution in [0.25, 0.3) is 0 Å². The van der Waals surface area contributed by atoms with E-state index in [1.54, 1.807) is 28.8 Å². The summed E-state index contributed by atoms with van der Waals surface area (Å²) in [7, 11) is 1.93. The number of benzene rings is 1. The van der Waals surface area contributed by atoms with Crippen molar-refractivity contribution in [2.24, 2.45) is 7.05 Å². The minimum atomic E-state index is -0.327. The number of rotatable bonds is 4. The lowest BCUT2D eigenvalue weighted by molar-refractivity contribution is 0.204. The summed E-state index contributed by atoms with van der Waals surface area (Å²) in [6.45, 7) is 2.73. The Morgan fingerprint density at radius 2 is 2.12 bits per heavy atom. The van der Waals surface area contributed by atoms with Crippen molar-refractivity contribution in [1.82, 2.24) is 19.7 Å². The summed E-state index contributed by atoms with van der Waals surface area (Å²) < 4.78 is 14.9. The van der Waals surface area contributed by atoms with E-state index in [1.807, 2.05) is 11.6 Å². The van der Waals surface area contributed by atoms with Gasteiger partial charge in [0.15, 0.2) is 11.0 Å². The molecule has 2 heterocycles. The Morgan fingerprint density at radius 1 is 1.38 bits per heavy atom. The summed E-state index contributed by atoms with van der Waals surface area (Å²) >= 11 is 1.63. The fourth-order valence-electron chi connectivity index (χ4n) is 2.88. The van der Waals surface area contributed by atoms with Crippen molar-refractivity contribution in [3.63, 3.8) is 0 Å². The summed E-state index contributed by atoms with van der Waals surface area (Å²) in [5.41, 5.74) is 0.576. The van der Waals surface area contributed by atoms with Gasteiger partial charge < -0.3 is 14.8 Å². The average molecular weight is 349 g/mol. The molecule has 1 unspecified atom stereocenters. The Morgan fingerprint density at radius 3 is 2.83 bits per heavy atom. The summed E-state index contributed by atoms with van der Waals surface area (Å²) in [5, 5.41) is 12.2. The second kappa shape index (κ2) is 7.21. The summed E-state index contributed by atoms with van der Waals surface area (Å²) in [6, 6.07) is 5.47. The third-order valence-corrected chi connectivity index (χ3v) is 4.95. The molecule has 1 N–H and O–H groups in total. The van der Waals surface area contributed by atoms with Crippen molar-refractivity contribution >= 4 is 23.5 Å². The molecule has 1 aliphatic rings. The lowest BCUT2D eigenvalue weighted by Crippen LogP contribution is -2.35. The first kappa shape index (κ1) is 16.8. The number of carbonyl (C=O) groups excluding carboxylic acids is 1. The zero-order chi connectivity index (χ0) is 17.1. The van der Waals surface area contributed by atoms with Gasteiger partial charge in [0.25, 0.3) is 0 Å². The van der Waals surface area contributed by atoms with E-state index < -0.39 is 0 Å². The van der Waals surface area contributed by atoms with Gasteiger partial charge in [0.05, 0.1) is 6.04 Å². The molecule has 3 rings (SSSR count). The molecule has 0 aliphatic carbocycles. The van der Waals surface area contributed by atoms with Gasteiger partial charge in [0.1, 0.15) is 5.82 Å². The van der Waals surface area contributed by atoms with E-state index in [1.165, 1.54) is 12.1 Å². The molecule has 0 radical (unpaired) electrons. The number of hydrogen-bond acceptors (Lipinski definition) is 4. The van der Waals surface area contributed by atoms with Gasteiger partial charge in [-0.2, -0.15) is 0 Å². The van der Waals surface area contributed by atoms with Crippen LogP contribution in [0.4, 0.5) is 14.9 Å². The molecule has 1 saturated heterocycles. The van der Waals surface area contributed by atoms with Gasteiger partial charge in [-0.3, -0.25) is 0 Å². The van der Waals surface area contributed by atoms with Gasteiger partial charge in [-0.15, -0.1) is 10.2 Å². The number of halogens is 1. The molecule has 0 saturated carbocycles. The standard InChI is InChI=1S/C16H20FN5OS/c1-3-24-16-20-19-14(21(16)2)13-5-4-10-22(13)15(23)18-12-8-6-11(17)7-9-12/h6-9,13H,3-5,10H2,1-2H3,(H,18,23). The monoisotopic (exact) mass is 349 g/mol. The molecule has 1 atom stereocenters. The van der Waals surface area contributed by atoms with Gasteiger partial charge in [-0.1, -0.05) is 18.7 Å². The Kier molecular flexibility index (Phi) is 5.03. The van der Waals surface area contributed by atoms with Crippen LogP contribution in [0.15, 0.2) is 29.4 Å². The molecule has 0 spiro atoms. The molecule has 1 aromatic carbocycles. The molecule has 6 nitrogen and oxygen atoms in total. The number of aromatic nitrogens is 3. The molecular weight excluding hydrogens is 329 g/mol. The zero-order valence-corrected chi connectivity index (χ0v) is 14.5. The average Bonchev–Trinajstić information content (AvgIpc) is 3.17. The maximum Gasteiger partial charge on any atom is 0.322 e. The highest BCUT2D eigenvalue weighted by Gasteiger charge is 2.33. The Hall–Kier alpha value is -2.09. The number of thioether (sulfide) groups is 1. The van der Waals surface area contributed by atoms with E-state index in [2.05, 4.69) is 22.4 Å². The molecule has 128 valence electrons. The topological polar surface area (TPSA) is 63.1 Å². The number of carbonyl (C=O) groups is 1. The SMILES string of the molecule is CCSc1nnc(C2CCCN2C(=O)Nc2ccc(F)cc2)n1C. The Bertz CT molecular complexity index is 718. The predicted molar refractivity (Wildman–Crippen MR) is 91.5 cm³/mol. The van der Waals surface area contributed by atoms with Crippen LogP contribution in [0, 0.1) is 5.82 Å². The smallest absolute Gasteiger partial charge is 0.314 e. The fourth-order valence-corrected chi connectivity index (χ4v) is 3.52. The lowest BCUT2D eigenvalue weighted by atomic mass is 10.2. The van der Waals surface area contributed by atoms with Crippen molar-refractivity contribution in [2.75, 3.05) is 17.6 Å². The highest BCUT2D eigenvalue weighted by atomic mass is 32.2. The van der Waals surface area contributed by atoms with E-state index in [9.17, 15) is 9.18 Å². The van der Waals surface area contributed by atoms with E-state index in [0.29, 0.717) is 12.2 Å². The minimum Gasteiger partial charge on any atom is -0.314 e. The molecule has 2 aromatic rings. The number of urea groups is 1. The maximum atomic E-state index is 13.0. The van der Waals surface area contributed by atoms with Crippen molar-refractivity contribution in [3.8, 4) is 0 Å². The molecule has 1 fully saturated rings. The summed E-state index contributed by atoms with van der Waals surface area (Å²) in [5.74, 6) is 1.40. The highest BCUT2D eigenvalue weighted by Crippen LogP contribution is 2.32. The zero-order valence-electron chi connectivity index (χ0n) is 13.7. The van der Waals surface area contributed by atoms with Crippen molar-refractivity contribution in [1.29, 1.82) is 0 Å². The highest BCUT2D eigenvalue weighted by molar-refractivity contribution is 7.99. The van der Waals surface area contributed by atoms with Crippen molar-refractivity contribution in [3.05, 3.63) is 35.9 Å². The molecule has 1 aromatic heterocycles. The van der Waals surface area contributed by atoms with E-state index in [-0.39, 0.29) is 17.9 Å². The molecule has 8 heteroatoms. The minimum absolute atomic E-state index is 0.0887. The largest absolute Gasteiger partial charge is 0.322 e. The van der Waals surface area contributed by atoms with Crippen LogP contribution in [0.3, 0.4) is 0 Å². The molecule has 0 bridgehead atoms. The second-order valence-electron chi connectivity index (χ2n) is 5.62.